The fourth-order valence-electron chi connectivity index (χ4n) is 3.61. The molecule has 1 aromatic carbocycles. The van der Waals surface area contributed by atoms with E-state index >= 15 is 0 Å². The number of hydrogen-bond acceptors (Lipinski definition) is 3. The van der Waals surface area contributed by atoms with Gasteiger partial charge in [-0.15, -0.1) is 0 Å². The van der Waals surface area contributed by atoms with E-state index in [1.54, 1.807) is 6.08 Å². The summed E-state index contributed by atoms with van der Waals surface area (Å²) < 4.78 is 2.18. The summed E-state index contributed by atoms with van der Waals surface area (Å²) in [7, 11) is 0. The van der Waals surface area contributed by atoms with Gasteiger partial charge in [-0.1, -0.05) is 18.2 Å². The Morgan fingerprint density at radius 1 is 1.12 bits per heavy atom. The summed E-state index contributed by atoms with van der Waals surface area (Å²) in [6.07, 6.45) is 9.58. The molecule has 2 aromatic rings. The van der Waals surface area contributed by atoms with Crippen molar-refractivity contribution in [1.29, 1.82) is 0 Å². The van der Waals surface area contributed by atoms with Gasteiger partial charge in [0.2, 0.25) is 0 Å². The van der Waals surface area contributed by atoms with Crippen LogP contribution in [0.2, 0.25) is 0 Å². The van der Waals surface area contributed by atoms with Gasteiger partial charge in [-0.2, -0.15) is 0 Å². The van der Waals surface area contributed by atoms with E-state index in [1.807, 2.05) is 24.3 Å². The molecular formula is C19H19N3O2. The average molecular weight is 321 g/mol. The smallest absolute Gasteiger partial charge is 0.250 e. The first-order chi connectivity index (χ1) is 11.7. The summed E-state index contributed by atoms with van der Waals surface area (Å²) in [4.78, 5) is 13.2. The minimum Gasteiger partial charge on any atom is -0.372 e. The van der Waals surface area contributed by atoms with Crippen LogP contribution in [0.15, 0.2) is 54.5 Å². The van der Waals surface area contributed by atoms with E-state index in [2.05, 4.69) is 34.1 Å². The van der Waals surface area contributed by atoms with Gasteiger partial charge in [0.15, 0.2) is 0 Å². The predicted octanol–water partition coefficient (Wildman–Crippen LogP) is 1.50. The maximum atomic E-state index is 11.2. The van der Waals surface area contributed by atoms with E-state index in [-0.39, 0.29) is 4.92 Å². The van der Waals surface area contributed by atoms with Crippen LogP contribution in [0.4, 0.5) is 0 Å². The van der Waals surface area contributed by atoms with Crippen LogP contribution < -0.4 is 10.4 Å². The average Bonchev–Trinajstić information content (AvgIpc) is 3.08. The van der Waals surface area contributed by atoms with Gasteiger partial charge >= 0.3 is 0 Å². The van der Waals surface area contributed by atoms with Crippen LogP contribution in [0.1, 0.15) is 12.0 Å². The molecule has 0 fully saturated rings. The zero-order valence-electron chi connectivity index (χ0n) is 13.4. The molecule has 0 amide bonds. The van der Waals surface area contributed by atoms with Crippen LogP contribution in [0, 0.1) is 10.1 Å². The Labute approximate surface area is 140 Å². The molecule has 5 heteroatoms. The molecule has 1 aliphatic carbocycles. The molecule has 122 valence electrons. The van der Waals surface area contributed by atoms with Gasteiger partial charge in [0, 0.05) is 44.3 Å². The highest BCUT2D eigenvalue weighted by molar-refractivity contribution is 5.65. The highest BCUT2D eigenvalue weighted by Crippen LogP contribution is 2.17. The zero-order chi connectivity index (χ0) is 16.5. The van der Waals surface area contributed by atoms with Gasteiger partial charge in [-0.05, 0) is 40.1 Å². The molecule has 0 saturated carbocycles. The van der Waals surface area contributed by atoms with Crippen molar-refractivity contribution in [2.75, 3.05) is 13.1 Å². The number of nitrogens with zero attached hydrogens (tertiary/aromatic N) is 3. The van der Waals surface area contributed by atoms with Gasteiger partial charge in [-0.25, -0.2) is 0 Å². The molecular weight excluding hydrogens is 302 g/mol. The predicted molar refractivity (Wildman–Crippen MR) is 93.0 cm³/mol. The molecule has 0 radical (unpaired) electrons. The summed E-state index contributed by atoms with van der Waals surface area (Å²) in [5.41, 5.74) is 2.44. The van der Waals surface area contributed by atoms with Gasteiger partial charge in [0.25, 0.3) is 5.70 Å². The second-order valence-corrected chi connectivity index (χ2v) is 6.35. The summed E-state index contributed by atoms with van der Waals surface area (Å²) in [5, 5.41) is 13.6. The Balaban J connectivity index is 1.59. The molecule has 1 aliphatic heterocycles. The Hall–Kier alpha value is -2.82. The quantitative estimate of drug-likeness (QED) is 0.619. The first-order valence-corrected chi connectivity index (χ1v) is 8.23. The fraction of sp³-hybridized carbons (Fsp3) is 0.263. The second kappa shape index (κ2) is 6.00. The molecule has 0 bridgehead atoms. The molecule has 0 atom stereocenters. The molecule has 0 spiro atoms. The van der Waals surface area contributed by atoms with Gasteiger partial charge in [0.05, 0.1) is 11.3 Å². The monoisotopic (exact) mass is 321 g/mol. The van der Waals surface area contributed by atoms with Crippen LogP contribution in [0.25, 0.3) is 11.8 Å². The maximum absolute atomic E-state index is 11.2. The Kier molecular flexibility index (Phi) is 3.69. The number of rotatable bonds is 5. The lowest BCUT2D eigenvalue weighted by molar-refractivity contribution is -0.427. The third-order valence-electron chi connectivity index (χ3n) is 4.67. The number of nitro groups is 1. The Morgan fingerprint density at radius 3 is 2.75 bits per heavy atom. The van der Waals surface area contributed by atoms with Gasteiger partial charge < -0.3 is 9.47 Å². The van der Waals surface area contributed by atoms with E-state index in [0.717, 1.165) is 37.2 Å². The molecule has 4 rings (SSSR count). The topological polar surface area (TPSA) is 51.3 Å². The molecule has 2 heterocycles. The Bertz CT molecular complexity index is 926. The van der Waals surface area contributed by atoms with E-state index in [9.17, 15) is 10.1 Å². The van der Waals surface area contributed by atoms with Crippen LogP contribution in [0.5, 0.6) is 0 Å². The molecule has 0 unspecified atom stereocenters. The number of hydrogen-bond donors (Lipinski definition) is 0. The van der Waals surface area contributed by atoms with Crippen LogP contribution in [-0.2, 0) is 13.0 Å². The molecule has 0 N–H and O–H groups in total. The molecule has 0 saturated heterocycles. The lowest BCUT2D eigenvalue weighted by Gasteiger charge is -2.26. The van der Waals surface area contributed by atoms with Crippen molar-refractivity contribution in [3.05, 3.63) is 80.6 Å². The highest BCUT2D eigenvalue weighted by Gasteiger charge is 2.22. The van der Waals surface area contributed by atoms with E-state index in [0.29, 0.717) is 12.1 Å². The van der Waals surface area contributed by atoms with Crippen molar-refractivity contribution in [2.45, 2.75) is 19.4 Å². The normalized spacial score (nSPS) is 15.6. The highest BCUT2D eigenvalue weighted by atomic mass is 16.6. The van der Waals surface area contributed by atoms with E-state index in [1.165, 1.54) is 10.4 Å². The third kappa shape index (κ3) is 2.73. The van der Waals surface area contributed by atoms with E-state index in [4.69, 9.17) is 0 Å². The van der Waals surface area contributed by atoms with Gasteiger partial charge in [-0.3, -0.25) is 10.1 Å². The van der Waals surface area contributed by atoms with Crippen molar-refractivity contribution >= 4 is 11.8 Å². The third-order valence-corrected chi connectivity index (χ3v) is 4.67. The lowest BCUT2D eigenvalue weighted by atomic mass is 9.93. The van der Waals surface area contributed by atoms with Crippen molar-refractivity contribution < 1.29 is 4.92 Å². The summed E-state index contributed by atoms with van der Waals surface area (Å²) in [5.74, 6) is 0. The zero-order valence-corrected chi connectivity index (χ0v) is 13.4. The van der Waals surface area contributed by atoms with Crippen molar-refractivity contribution in [2.24, 2.45) is 0 Å². The van der Waals surface area contributed by atoms with E-state index < -0.39 is 0 Å². The second-order valence-electron chi connectivity index (χ2n) is 6.35. The largest absolute Gasteiger partial charge is 0.372 e. The van der Waals surface area contributed by atoms with Gasteiger partial charge in [0.1, 0.15) is 0 Å². The first kappa shape index (κ1) is 14.8. The van der Waals surface area contributed by atoms with Crippen LogP contribution in [-0.4, -0.2) is 27.5 Å². The van der Waals surface area contributed by atoms with Crippen LogP contribution >= 0.6 is 0 Å². The number of aromatic nitrogens is 1. The number of aryl methyl sites for hydroxylation is 1. The fourth-order valence-corrected chi connectivity index (χ4v) is 3.61. The minimum atomic E-state index is -0.253. The standard InChI is InChI=1S/C19H19N3O2/c23-22(24)18-11-15-5-3-6-16-13-21(14-17(12-18)19(15)16)10-4-9-20-7-1-2-8-20/h1-3,5-8,12-13H,4,9-11,14H2. The molecule has 2 aliphatic rings. The van der Waals surface area contributed by atoms with Crippen LogP contribution in [0.3, 0.4) is 0 Å². The van der Waals surface area contributed by atoms with Crippen molar-refractivity contribution in [3.8, 4) is 0 Å². The summed E-state index contributed by atoms with van der Waals surface area (Å²) in [6, 6.07) is 10.2. The number of benzene rings is 1. The minimum absolute atomic E-state index is 0.253. The SMILES string of the molecule is O=[N+]([O-])C1=CC2=c3c(cccc3=CN(CCCn3cccc3)C2)C1. The Morgan fingerprint density at radius 2 is 1.96 bits per heavy atom. The maximum Gasteiger partial charge on any atom is 0.250 e. The molecule has 1 aromatic heterocycles. The molecule has 24 heavy (non-hydrogen) atoms. The lowest BCUT2D eigenvalue weighted by Crippen LogP contribution is -2.42. The van der Waals surface area contributed by atoms with Crippen molar-refractivity contribution in [3.63, 3.8) is 0 Å². The summed E-state index contributed by atoms with van der Waals surface area (Å²) >= 11 is 0. The molecule has 5 nitrogen and oxygen atoms in total. The summed E-state index contributed by atoms with van der Waals surface area (Å²) in [6.45, 7) is 2.66. The first-order valence-electron chi connectivity index (χ1n) is 8.23. The van der Waals surface area contributed by atoms with Crippen molar-refractivity contribution in [1.82, 2.24) is 9.47 Å². The number of allylic oxidation sites excluding steroid dienone is 1.